The van der Waals surface area contributed by atoms with Gasteiger partial charge in [-0.05, 0) is 48.4 Å². The van der Waals surface area contributed by atoms with E-state index in [-0.39, 0.29) is 0 Å². The molecule has 0 aliphatic carbocycles. The molecule has 0 N–H and O–H groups in total. The molecule has 0 bridgehead atoms. The first-order valence-electron chi connectivity index (χ1n) is 7.79. The van der Waals surface area contributed by atoms with Crippen molar-refractivity contribution in [2.75, 3.05) is 0 Å². The lowest BCUT2D eigenvalue weighted by Gasteiger charge is -1.77. The Morgan fingerprint density at radius 3 is 0.818 bits per heavy atom. The zero-order chi connectivity index (χ0) is 16.1. The molecule has 0 heteroatoms. The molecule has 22 heavy (non-hydrogen) atoms. The van der Waals surface area contributed by atoms with Crippen molar-refractivity contribution in [3.8, 4) is 71.0 Å². The summed E-state index contributed by atoms with van der Waals surface area (Å²) in [5, 5.41) is 0. The van der Waals surface area contributed by atoms with Crippen LogP contribution in [0.2, 0.25) is 0 Å². The Bertz CT molecular complexity index is 591. The Morgan fingerprint density at radius 1 is 0.364 bits per heavy atom. The van der Waals surface area contributed by atoms with Crippen molar-refractivity contribution >= 4 is 0 Å². The Kier molecular flexibility index (Phi) is 16.2. The quantitative estimate of drug-likeness (QED) is 0.537. The SMILES string of the molecule is CCCC#CC#CCCC#CC#CCCC#CC#CCCC. The summed E-state index contributed by atoms with van der Waals surface area (Å²) in [6.45, 7) is 4.21. The molecular formula is C22H22. The molecule has 0 amide bonds. The second kappa shape index (κ2) is 18.4. The Labute approximate surface area is 136 Å². The molecule has 0 fully saturated rings. The first kappa shape index (κ1) is 19.4. The van der Waals surface area contributed by atoms with E-state index < -0.39 is 0 Å². The third kappa shape index (κ3) is 17.4. The van der Waals surface area contributed by atoms with E-state index in [0.717, 1.165) is 51.4 Å². The molecule has 0 aromatic heterocycles. The first-order valence-corrected chi connectivity index (χ1v) is 7.79. The number of unbranched alkanes of at least 4 members (excludes halogenated alkanes) is 4. The second-order valence-corrected chi connectivity index (χ2v) is 4.31. The first-order chi connectivity index (χ1) is 10.9. The van der Waals surface area contributed by atoms with Crippen molar-refractivity contribution in [1.82, 2.24) is 0 Å². The van der Waals surface area contributed by atoms with Gasteiger partial charge < -0.3 is 0 Å². The standard InChI is InChI=1S/C22H22/c1-3-5-7-9-11-13-15-17-19-21-22-20-18-16-14-12-10-8-6-4-2/h3-6,15-18H2,1-2H3. The van der Waals surface area contributed by atoms with E-state index in [9.17, 15) is 0 Å². The van der Waals surface area contributed by atoms with Gasteiger partial charge in [-0.3, -0.25) is 0 Å². The molecule has 0 saturated carbocycles. The van der Waals surface area contributed by atoms with Crippen LogP contribution < -0.4 is 0 Å². The summed E-state index contributed by atoms with van der Waals surface area (Å²) in [6.07, 6.45) is 6.97. The van der Waals surface area contributed by atoms with Crippen molar-refractivity contribution in [3.63, 3.8) is 0 Å². The van der Waals surface area contributed by atoms with Crippen molar-refractivity contribution < 1.29 is 0 Å². The third-order valence-corrected chi connectivity index (χ3v) is 2.22. The van der Waals surface area contributed by atoms with Gasteiger partial charge in [-0.1, -0.05) is 49.4 Å². The highest BCUT2D eigenvalue weighted by Gasteiger charge is 1.74. The van der Waals surface area contributed by atoms with Gasteiger partial charge in [0.05, 0.1) is 0 Å². The van der Waals surface area contributed by atoms with Crippen LogP contribution in [0.3, 0.4) is 0 Å². The van der Waals surface area contributed by atoms with Gasteiger partial charge in [0.15, 0.2) is 0 Å². The van der Waals surface area contributed by atoms with E-state index in [0.29, 0.717) is 0 Å². The van der Waals surface area contributed by atoms with Crippen LogP contribution >= 0.6 is 0 Å². The molecule has 0 aromatic carbocycles. The fourth-order valence-corrected chi connectivity index (χ4v) is 1.14. The van der Waals surface area contributed by atoms with Gasteiger partial charge in [-0.2, -0.15) is 0 Å². The summed E-state index contributed by atoms with van der Waals surface area (Å²) in [7, 11) is 0. The lowest BCUT2D eigenvalue weighted by molar-refractivity contribution is 0.983. The van der Waals surface area contributed by atoms with E-state index in [2.05, 4.69) is 84.9 Å². The van der Waals surface area contributed by atoms with Crippen molar-refractivity contribution in [2.45, 2.75) is 65.2 Å². The van der Waals surface area contributed by atoms with Gasteiger partial charge in [-0.15, -0.1) is 0 Å². The Morgan fingerprint density at radius 2 is 0.591 bits per heavy atom. The van der Waals surface area contributed by atoms with Gasteiger partial charge in [0.25, 0.3) is 0 Å². The zero-order valence-electron chi connectivity index (χ0n) is 13.7. The van der Waals surface area contributed by atoms with E-state index in [1.807, 2.05) is 0 Å². The van der Waals surface area contributed by atoms with Crippen LogP contribution in [0.4, 0.5) is 0 Å². The maximum absolute atomic E-state index is 2.98. The van der Waals surface area contributed by atoms with Crippen LogP contribution in [0.5, 0.6) is 0 Å². The maximum atomic E-state index is 2.98. The summed E-state index contributed by atoms with van der Waals surface area (Å²) in [4.78, 5) is 0. The molecule has 0 atom stereocenters. The van der Waals surface area contributed by atoms with Gasteiger partial charge in [0.2, 0.25) is 0 Å². The van der Waals surface area contributed by atoms with E-state index in [1.165, 1.54) is 0 Å². The topological polar surface area (TPSA) is 0 Å². The molecule has 0 heterocycles. The lowest BCUT2D eigenvalue weighted by Crippen LogP contribution is -1.67. The molecule has 0 aromatic rings. The Hall–Kier alpha value is -2.64. The minimum atomic E-state index is 0.740. The molecule has 0 rings (SSSR count). The minimum Gasteiger partial charge on any atom is -0.0891 e. The third-order valence-electron chi connectivity index (χ3n) is 2.22. The molecule has 0 saturated heterocycles. The summed E-state index contributed by atoms with van der Waals surface area (Å²) < 4.78 is 0. The number of hydrogen-bond acceptors (Lipinski definition) is 0. The number of rotatable bonds is 4. The Balaban J connectivity index is 3.73. The van der Waals surface area contributed by atoms with Crippen LogP contribution in [0, 0.1) is 71.0 Å². The van der Waals surface area contributed by atoms with E-state index in [1.54, 1.807) is 0 Å². The summed E-state index contributed by atoms with van der Waals surface area (Å²) in [5.41, 5.74) is 0. The predicted octanol–water partition coefficient (Wildman–Crippen LogP) is 4.17. The van der Waals surface area contributed by atoms with Crippen LogP contribution in [-0.2, 0) is 0 Å². The van der Waals surface area contributed by atoms with Crippen LogP contribution in [0.1, 0.15) is 65.2 Å². The van der Waals surface area contributed by atoms with E-state index >= 15 is 0 Å². The monoisotopic (exact) mass is 286 g/mol. The van der Waals surface area contributed by atoms with Crippen LogP contribution in [-0.4, -0.2) is 0 Å². The highest BCUT2D eigenvalue weighted by molar-refractivity contribution is 5.29. The largest absolute Gasteiger partial charge is 0.0891 e. The van der Waals surface area contributed by atoms with Crippen molar-refractivity contribution in [2.24, 2.45) is 0 Å². The maximum Gasteiger partial charge on any atom is 0.0209 e. The van der Waals surface area contributed by atoms with Crippen LogP contribution in [0.25, 0.3) is 0 Å². The highest BCUT2D eigenvalue weighted by atomic mass is 13.8. The molecule has 0 aliphatic rings. The predicted molar refractivity (Wildman–Crippen MR) is 94.9 cm³/mol. The molecule has 110 valence electrons. The van der Waals surface area contributed by atoms with Gasteiger partial charge in [-0.25, -0.2) is 0 Å². The molecule has 0 spiro atoms. The van der Waals surface area contributed by atoms with Crippen molar-refractivity contribution in [1.29, 1.82) is 0 Å². The van der Waals surface area contributed by atoms with E-state index in [4.69, 9.17) is 0 Å². The van der Waals surface area contributed by atoms with Gasteiger partial charge in [0.1, 0.15) is 0 Å². The average molecular weight is 286 g/mol. The zero-order valence-corrected chi connectivity index (χ0v) is 13.7. The summed E-state index contributed by atoms with van der Waals surface area (Å²) >= 11 is 0. The summed E-state index contributed by atoms with van der Waals surface area (Å²) in [5.74, 6) is 34.8. The highest BCUT2D eigenvalue weighted by Crippen LogP contribution is 1.85. The smallest absolute Gasteiger partial charge is 0.0209 e. The molecule has 0 nitrogen and oxygen atoms in total. The fraction of sp³-hybridized carbons (Fsp3) is 0.455. The molecular weight excluding hydrogens is 264 g/mol. The normalized spacial score (nSPS) is 6.82. The number of hydrogen-bond donors (Lipinski definition) is 0. The molecule has 0 radical (unpaired) electrons. The van der Waals surface area contributed by atoms with Crippen LogP contribution in [0.15, 0.2) is 0 Å². The second-order valence-electron chi connectivity index (χ2n) is 4.31. The minimum absolute atomic E-state index is 0.740. The molecule has 0 unspecified atom stereocenters. The van der Waals surface area contributed by atoms with Gasteiger partial charge >= 0.3 is 0 Å². The lowest BCUT2D eigenvalue weighted by atomic mass is 10.3. The fourth-order valence-electron chi connectivity index (χ4n) is 1.14. The summed E-state index contributed by atoms with van der Waals surface area (Å²) in [6, 6.07) is 0. The van der Waals surface area contributed by atoms with Gasteiger partial charge in [0, 0.05) is 38.5 Å². The van der Waals surface area contributed by atoms with Crippen molar-refractivity contribution in [3.05, 3.63) is 0 Å². The average Bonchev–Trinajstić information content (AvgIpc) is 2.54. The molecule has 0 aliphatic heterocycles.